The number of carbonyl (C=O) groups excluding carboxylic acids is 1. The third-order valence-electron chi connectivity index (χ3n) is 3.99. The van der Waals surface area contributed by atoms with E-state index in [4.69, 9.17) is 9.47 Å². The van der Waals surface area contributed by atoms with E-state index in [0.29, 0.717) is 24.5 Å². The van der Waals surface area contributed by atoms with Crippen LogP contribution in [-0.4, -0.2) is 44.6 Å². The van der Waals surface area contributed by atoms with E-state index in [0.717, 1.165) is 0 Å². The Labute approximate surface area is 129 Å². The van der Waals surface area contributed by atoms with Crippen LogP contribution < -0.4 is 14.8 Å². The number of fused-ring (bicyclic) bond motifs is 1. The smallest absolute Gasteiger partial charge is 0.265 e. The Morgan fingerprint density at radius 1 is 1.27 bits per heavy atom. The average Bonchev–Trinajstić information content (AvgIpc) is 2.83. The Morgan fingerprint density at radius 2 is 1.95 bits per heavy atom. The molecule has 0 unspecified atom stereocenters. The van der Waals surface area contributed by atoms with E-state index in [1.165, 1.54) is 0 Å². The number of hydrogen-bond acceptors (Lipinski definition) is 5. The fourth-order valence-electron chi connectivity index (χ4n) is 2.78. The molecule has 0 radical (unpaired) electrons. The van der Waals surface area contributed by atoms with Gasteiger partial charge in [-0.25, -0.2) is 8.42 Å². The minimum absolute atomic E-state index is 0.0129. The van der Waals surface area contributed by atoms with Crippen molar-refractivity contribution in [2.24, 2.45) is 5.92 Å². The molecule has 7 heteroatoms. The highest BCUT2D eigenvalue weighted by molar-refractivity contribution is 7.91. The summed E-state index contributed by atoms with van der Waals surface area (Å²) in [5, 5.41) is 2.78. The second-order valence-electron chi connectivity index (χ2n) is 5.82. The molecule has 1 amide bonds. The highest BCUT2D eigenvalue weighted by atomic mass is 32.2. The molecule has 0 aliphatic carbocycles. The number of ether oxygens (including phenoxy) is 2. The highest BCUT2D eigenvalue weighted by Crippen LogP contribution is 2.33. The Balaban J connectivity index is 1.59. The zero-order valence-corrected chi connectivity index (χ0v) is 13.1. The number of amides is 1. The molecular formula is C15H19NO5S. The highest BCUT2D eigenvalue weighted by Gasteiger charge is 2.35. The summed E-state index contributed by atoms with van der Waals surface area (Å²) >= 11 is 0. The third kappa shape index (κ3) is 3.19. The predicted molar refractivity (Wildman–Crippen MR) is 80.7 cm³/mol. The van der Waals surface area contributed by atoms with Crippen LogP contribution in [0.1, 0.15) is 13.3 Å². The van der Waals surface area contributed by atoms with Gasteiger partial charge in [-0.05, 0) is 31.4 Å². The molecule has 120 valence electrons. The van der Waals surface area contributed by atoms with Gasteiger partial charge in [0.1, 0.15) is 6.10 Å². The molecule has 2 aliphatic heterocycles. The van der Waals surface area contributed by atoms with Crippen molar-refractivity contribution < 1.29 is 22.7 Å². The normalized spacial score (nSPS) is 29.0. The van der Waals surface area contributed by atoms with Gasteiger partial charge < -0.3 is 14.8 Å². The number of benzene rings is 1. The first kappa shape index (κ1) is 15.1. The molecule has 6 nitrogen and oxygen atoms in total. The van der Waals surface area contributed by atoms with Crippen LogP contribution in [0.25, 0.3) is 0 Å². The molecule has 3 atom stereocenters. The van der Waals surface area contributed by atoms with Gasteiger partial charge in [0.15, 0.2) is 21.3 Å². The average molecular weight is 325 g/mol. The van der Waals surface area contributed by atoms with Crippen molar-refractivity contribution in [3.05, 3.63) is 24.3 Å². The van der Waals surface area contributed by atoms with E-state index in [1.54, 1.807) is 19.1 Å². The number of hydrogen-bond donors (Lipinski definition) is 1. The molecule has 0 bridgehead atoms. The van der Waals surface area contributed by atoms with Crippen molar-refractivity contribution in [2.45, 2.75) is 25.6 Å². The Morgan fingerprint density at radius 3 is 2.59 bits per heavy atom. The van der Waals surface area contributed by atoms with Crippen molar-refractivity contribution in [1.29, 1.82) is 0 Å². The standard InChI is InChI=1S/C15H19NO5S/c1-10-14(21-13-5-3-2-4-12(13)20-10)15(17)16-8-11-6-7-22(18,19)9-11/h2-5,10-11,14H,6-9H2,1H3,(H,16,17)/t10-,11-,14-/m0/s1. The van der Waals surface area contributed by atoms with E-state index >= 15 is 0 Å². The van der Waals surface area contributed by atoms with E-state index in [-0.39, 0.29) is 23.3 Å². The minimum Gasteiger partial charge on any atom is -0.482 e. The van der Waals surface area contributed by atoms with Crippen LogP contribution in [0, 0.1) is 5.92 Å². The Bertz CT molecular complexity index is 672. The van der Waals surface area contributed by atoms with Gasteiger partial charge in [0, 0.05) is 6.54 Å². The lowest BCUT2D eigenvalue weighted by Gasteiger charge is -2.31. The first-order valence-corrected chi connectivity index (χ1v) is 9.17. The molecule has 0 spiro atoms. The van der Waals surface area contributed by atoms with Gasteiger partial charge in [-0.15, -0.1) is 0 Å². The van der Waals surface area contributed by atoms with Crippen LogP contribution in [0.15, 0.2) is 24.3 Å². The molecule has 3 rings (SSSR count). The van der Waals surface area contributed by atoms with E-state index in [2.05, 4.69) is 5.32 Å². The molecule has 2 aliphatic rings. The van der Waals surface area contributed by atoms with Gasteiger partial charge in [-0.1, -0.05) is 12.1 Å². The van der Waals surface area contributed by atoms with Crippen molar-refractivity contribution in [3.63, 3.8) is 0 Å². The summed E-state index contributed by atoms with van der Waals surface area (Å²) in [7, 11) is -2.93. The van der Waals surface area contributed by atoms with Crippen LogP contribution >= 0.6 is 0 Å². The van der Waals surface area contributed by atoms with Crippen LogP contribution in [0.4, 0.5) is 0 Å². The van der Waals surface area contributed by atoms with Crippen molar-refractivity contribution in [1.82, 2.24) is 5.32 Å². The summed E-state index contributed by atoms with van der Waals surface area (Å²) in [6.07, 6.45) is -0.529. The van der Waals surface area contributed by atoms with Crippen LogP contribution in [0.5, 0.6) is 11.5 Å². The summed E-state index contributed by atoms with van der Waals surface area (Å²) < 4.78 is 34.2. The maximum absolute atomic E-state index is 12.3. The maximum atomic E-state index is 12.3. The van der Waals surface area contributed by atoms with E-state index < -0.39 is 22.0 Å². The molecule has 1 aromatic carbocycles. The summed E-state index contributed by atoms with van der Waals surface area (Å²) in [6.45, 7) is 2.13. The largest absolute Gasteiger partial charge is 0.482 e. The molecule has 22 heavy (non-hydrogen) atoms. The predicted octanol–water partition coefficient (Wildman–Crippen LogP) is 0.766. The zero-order valence-electron chi connectivity index (χ0n) is 12.3. The lowest BCUT2D eigenvalue weighted by molar-refractivity contribution is -0.133. The Kier molecular flexibility index (Phi) is 3.99. The topological polar surface area (TPSA) is 81.7 Å². The molecule has 1 fully saturated rings. The SMILES string of the molecule is C[C@@H]1Oc2ccccc2O[C@@H]1C(=O)NC[C@@H]1CCS(=O)(=O)C1. The number of sulfone groups is 1. The molecule has 2 heterocycles. The zero-order chi connectivity index (χ0) is 15.7. The summed E-state index contributed by atoms with van der Waals surface area (Å²) in [5.41, 5.74) is 0. The summed E-state index contributed by atoms with van der Waals surface area (Å²) in [5.74, 6) is 1.24. The number of nitrogens with one attached hydrogen (secondary N) is 1. The molecule has 1 N–H and O–H groups in total. The van der Waals surface area contributed by atoms with Crippen LogP contribution in [0.2, 0.25) is 0 Å². The number of rotatable bonds is 3. The molecule has 1 aromatic rings. The van der Waals surface area contributed by atoms with Gasteiger partial charge in [-0.2, -0.15) is 0 Å². The minimum atomic E-state index is -2.93. The number of para-hydroxylation sites is 2. The maximum Gasteiger partial charge on any atom is 0.265 e. The first-order chi connectivity index (χ1) is 10.4. The molecule has 0 aromatic heterocycles. The van der Waals surface area contributed by atoms with Crippen LogP contribution in [0.3, 0.4) is 0 Å². The fraction of sp³-hybridized carbons (Fsp3) is 0.533. The van der Waals surface area contributed by atoms with Crippen LogP contribution in [-0.2, 0) is 14.6 Å². The van der Waals surface area contributed by atoms with Gasteiger partial charge in [0.05, 0.1) is 11.5 Å². The van der Waals surface area contributed by atoms with Gasteiger partial charge in [-0.3, -0.25) is 4.79 Å². The number of carbonyl (C=O) groups is 1. The first-order valence-electron chi connectivity index (χ1n) is 7.35. The third-order valence-corrected chi connectivity index (χ3v) is 5.83. The van der Waals surface area contributed by atoms with Crippen molar-refractivity contribution in [3.8, 4) is 11.5 Å². The lowest BCUT2D eigenvalue weighted by atomic mass is 10.1. The second kappa shape index (κ2) is 5.79. The quantitative estimate of drug-likeness (QED) is 0.887. The van der Waals surface area contributed by atoms with Crippen molar-refractivity contribution >= 4 is 15.7 Å². The van der Waals surface area contributed by atoms with Gasteiger partial charge in [0.2, 0.25) is 6.10 Å². The van der Waals surface area contributed by atoms with Gasteiger partial charge in [0.25, 0.3) is 5.91 Å². The summed E-state index contributed by atoms with van der Waals surface area (Å²) in [4.78, 5) is 12.3. The van der Waals surface area contributed by atoms with Crippen molar-refractivity contribution in [2.75, 3.05) is 18.1 Å². The van der Waals surface area contributed by atoms with E-state index in [1.807, 2.05) is 12.1 Å². The molecular weight excluding hydrogens is 306 g/mol. The molecule has 1 saturated heterocycles. The van der Waals surface area contributed by atoms with E-state index in [9.17, 15) is 13.2 Å². The monoisotopic (exact) mass is 325 g/mol. The Hall–Kier alpha value is -1.76. The summed E-state index contributed by atoms with van der Waals surface area (Å²) in [6, 6.07) is 7.21. The second-order valence-corrected chi connectivity index (χ2v) is 8.05. The fourth-order valence-corrected chi connectivity index (χ4v) is 4.65. The van der Waals surface area contributed by atoms with Gasteiger partial charge >= 0.3 is 0 Å². The lowest BCUT2D eigenvalue weighted by Crippen LogP contribution is -2.49. The molecule has 0 saturated carbocycles.